The summed E-state index contributed by atoms with van der Waals surface area (Å²) in [6.07, 6.45) is 1.58. The minimum absolute atomic E-state index is 0. The fourth-order valence-electron chi connectivity index (χ4n) is 2.91. The zero-order valence-electron chi connectivity index (χ0n) is 15.2. The molecular formula is C18H25FIN5OS. The second-order valence-electron chi connectivity index (χ2n) is 5.92. The lowest BCUT2D eigenvalue weighted by atomic mass is 10.2. The van der Waals surface area contributed by atoms with Gasteiger partial charge in [0.15, 0.2) is 5.96 Å². The normalized spacial score (nSPS) is 16.4. The van der Waals surface area contributed by atoms with Gasteiger partial charge in [-0.1, -0.05) is 6.07 Å². The van der Waals surface area contributed by atoms with Crippen LogP contribution in [0.2, 0.25) is 0 Å². The molecule has 1 saturated heterocycles. The first-order valence-corrected chi connectivity index (χ1v) is 9.55. The Bertz CT molecular complexity index is 710. The van der Waals surface area contributed by atoms with E-state index in [-0.39, 0.29) is 42.4 Å². The molecule has 1 aliphatic rings. The van der Waals surface area contributed by atoms with Crippen molar-refractivity contribution in [3.05, 3.63) is 52.2 Å². The van der Waals surface area contributed by atoms with Crippen molar-refractivity contribution in [2.75, 3.05) is 39.9 Å². The van der Waals surface area contributed by atoms with Crippen LogP contribution >= 0.6 is 35.3 Å². The number of halogens is 2. The molecule has 0 spiro atoms. The van der Waals surface area contributed by atoms with Crippen molar-refractivity contribution >= 4 is 41.3 Å². The number of hydrogen-bond acceptors (Lipinski definition) is 5. The second kappa shape index (κ2) is 11.5. The van der Waals surface area contributed by atoms with Crippen molar-refractivity contribution in [1.82, 2.24) is 20.5 Å². The highest BCUT2D eigenvalue weighted by Gasteiger charge is 2.23. The third-order valence-electron chi connectivity index (χ3n) is 4.30. The van der Waals surface area contributed by atoms with Gasteiger partial charge in [-0.2, -0.15) is 0 Å². The molecule has 0 radical (unpaired) electrons. The van der Waals surface area contributed by atoms with Crippen LogP contribution in [0.4, 0.5) is 4.39 Å². The van der Waals surface area contributed by atoms with Gasteiger partial charge in [0.05, 0.1) is 31.5 Å². The van der Waals surface area contributed by atoms with Crippen LogP contribution in [0.15, 0.2) is 40.8 Å². The van der Waals surface area contributed by atoms with E-state index in [1.54, 1.807) is 30.6 Å². The molecule has 27 heavy (non-hydrogen) atoms. The maximum absolute atomic E-state index is 13.7. The van der Waals surface area contributed by atoms with Crippen LogP contribution in [0.1, 0.15) is 16.6 Å². The Kier molecular flexibility index (Phi) is 9.39. The fourth-order valence-corrected chi connectivity index (χ4v) is 3.77. The Labute approximate surface area is 180 Å². The molecule has 1 aliphatic heterocycles. The van der Waals surface area contributed by atoms with Gasteiger partial charge in [0.1, 0.15) is 5.82 Å². The lowest BCUT2D eigenvalue weighted by Gasteiger charge is -2.34. The Morgan fingerprint density at radius 3 is 2.81 bits per heavy atom. The molecule has 0 bridgehead atoms. The van der Waals surface area contributed by atoms with E-state index < -0.39 is 0 Å². The van der Waals surface area contributed by atoms with Gasteiger partial charge in [0, 0.05) is 37.8 Å². The first kappa shape index (κ1) is 22.0. The monoisotopic (exact) mass is 505 g/mol. The molecule has 0 amide bonds. The molecule has 2 aromatic heterocycles. The number of ether oxygens (including phenoxy) is 1. The lowest BCUT2D eigenvalue weighted by molar-refractivity contribution is 0.0177. The highest BCUT2D eigenvalue weighted by Crippen LogP contribution is 2.25. The largest absolute Gasteiger partial charge is 0.379 e. The Hall–Kier alpha value is -1.30. The number of guanidine groups is 1. The van der Waals surface area contributed by atoms with E-state index >= 15 is 0 Å². The van der Waals surface area contributed by atoms with Crippen LogP contribution in [0.3, 0.4) is 0 Å². The molecule has 6 nitrogen and oxygen atoms in total. The van der Waals surface area contributed by atoms with Crippen molar-refractivity contribution in [2.24, 2.45) is 4.99 Å². The number of nitrogens with zero attached hydrogens (tertiary/aromatic N) is 3. The first-order valence-electron chi connectivity index (χ1n) is 8.67. The highest BCUT2D eigenvalue weighted by molar-refractivity contribution is 14.0. The number of pyridine rings is 1. The number of aromatic nitrogens is 1. The number of rotatable bonds is 6. The van der Waals surface area contributed by atoms with Gasteiger partial charge in [-0.15, -0.1) is 35.3 Å². The van der Waals surface area contributed by atoms with Crippen molar-refractivity contribution in [3.63, 3.8) is 0 Å². The average Bonchev–Trinajstić information content (AvgIpc) is 3.21. The van der Waals surface area contributed by atoms with E-state index in [1.807, 2.05) is 0 Å². The molecule has 148 valence electrons. The molecule has 9 heteroatoms. The quantitative estimate of drug-likeness (QED) is 0.359. The van der Waals surface area contributed by atoms with Gasteiger partial charge in [-0.05, 0) is 23.6 Å². The van der Waals surface area contributed by atoms with E-state index in [4.69, 9.17) is 4.74 Å². The summed E-state index contributed by atoms with van der Waals surface area (Å²) in [5.41, 5.74) is 0.374. The predicted octanol–water partition coefficient (Wildman–Crippen LogP) is 2.64. The SMILES string of the molecule is CN=C(NCc1ncccc1F)NCC(c1cccs1)N1CCOCC1.I. The van der Waals surface area contributed by atoms with Gasteiger partial charge in [-0.25, -0.2) is 4.39 Å². The summed E-state index contributed by atoms with van der Waals surface area (Å²) in [5.74, 6) is 0.310. The minimum atomic E-state index is -0.319. The summed E-state index contributed by atoms with van der Waals surface area (Å²) in [6.45, 7) is 4.34. The molecule has 2 aromatic rings. The highest BCUT2D eigenvalue weighted by atomic mass is 127. The second-order valence-corrected chi connectivity index (χ2v) is 6.90. The molecule has 1 unspecified atom stereocenters. The number of morpholine rings is 1. The summed E-state index contributed by atoms with van der Waals surface area (Å²) < 4.78 is 19.2. The molecule has 3 rings (SSSR count). The van der Waals surface area contributed by atoms with Gasteiger partial charge in [0.25, 0.3) is 0 Å². The molecule has 0 aliphatic carbocycles. The average molecular weight is 505 g/mol. The number of aliphatic imine (C=N–C) groups is 1. The Balaban J connectivity index is 0.00000261. The third kappa shape index (κ3) is 6.37. The predicted molar refractivity (Wildman–Crippen MR) is 117 cm³/mol. The lowest BCUT2D eigenvalue weighted by Crippen LogP contribution is -2.46. The Morgan fingerprint density at radius 2 is 2.15 bits per heavy atom. The van der Waals surface area contributed by atoms with Crippen molar-refractivity contribution in [3.8, 4) is 0 Å². The molecule has 2 N–H and O–H groups in total. The molecule has 0 saturated carbocycles. The van der Waals surface area contributed by atoms with Gasteiger partial charge >= 0.3 is 0 Å². The summed E-state index contributed by atoms with van der Waals surface area (Å²) in [6, 6.07) is 7.48. The summed E-state index contributed by atoms with van der Waals surface area (Å²) in [5, 5.41) is 8.58. The van der Waals surface area contributed by atoms with E-state index in [0.717, 1.165) is 26.3 Å². The molecule has 3 heterocycles. The van der Waals surface area contributed by atoms with Crippen LogP contribution in [-0.4, -0.2) is 55.7 Å². The fraction of sp³-hybridized carbons (Fsp3) is 0.444. The molecule has 1 fully saturated rings. The summed E-state index contributed by atoms with van der Waals surface area (Å²) in [7, 11) is 1.71. The topological polar surface area (TPSA) is 61.8 Å². The molecule has 1 atom stereocenters. The smallest absolute Gasteiger partial charge is 0.191 e. The van der Waals surface area contributed by atoms with E-state index in [0.29, 0.717) is 18.2 Å². The summed E-state index contributed by atoms with van der Waals surface area (Å²) >= 11 is 1.75. The van der Waals surface area contributed by atoms with Crippen LogP contribution in [0.5, 0.6) is 0 Å². The summed E-state index contributed by atoms with van der Waals surface area (Å²) in [4.78, 5) is 12.0. The molecule has 0 aromatic carbocycles. The van der Waals surface area contributed by atoms with Gasteiger partial charge in [0.2, 0.25) is 0 Å². The van der Waals surface area contributed by atoms with Crippen molar-refractivity contribution < 1.29 is 9.13 Å². The zero-order valence-corrected chi connectivity index (χ0v) is 18.4. The van der Waals surface area contributed by atoms with Crippen molar-refractivity contribution in [2.45, 2.75) is 12.6 Å². The van der Waals surface area contributed by atoms with Gasteiger partial charge in [-0.3, -0.25) is 14.9 Å². The third-order valence-corrected chi connectivity index (χ3v) is 5.28. The maximum Gasteiger partial charge on any atom is 0.191 e. The van der Waals surface area contributed by atoms with E-state index in [9.17, 15) is 4.39 Å². The van der Waals surface area contributed by atoms with Crippen molar-refractivity contribution in [1.29, 1.82) is 0 Å². The first-order chi connectivity index (χ1) is 12.8. The van der Waals surface area contributed by atoms with Crippen LogP contribution in [0, 0.1) is 5.82 Å². The van der Waals surface area contributed by atoms with Crippen LogP contribution in [-0.2, 0) is 11.3 Å². The number of thiophene rings is 1. The van der Waals surface area contributed by atoms with E-state index in [1.165, 1.54) is 10.9 Å². The van der Waals surface area contributed by atoms with E-state index in [2.05, 4.69) is 43.0 Å². The number of hydrogen-bond donors (Lipinski definition) is 2. The van der Waals surface area contributed by atoms with Crippen LogP contribution in [0.25, 0.3) is 0 Å². The Morgan fingerprint density at radius 1 is 1.33 bits per heavy atom. The van der Waals surface area contributed by atoms with Gasteiger partial charge < -0.3 is 15.4 Å². The minimum Gasteiger partial charge on any atom is -0.379 e. The number of nitrogens with one attached hydrogen (secondary N) is 2. The van der Waals surface area contributed by atoms with Crippen LogP contribution < -0.4 is 10.6 Å². The molecular weight excluding hydrogens is 480 g/mol. The zero-order chi connectivity index (χ0) is 18.2. The maximum atomic E-state index is 13.7. The standard InChI is InChI=1S/C18H24FN5OS.HI/c1-20-18(22-12-15-14(19)4-2-6-21-15)23-13-16(17-5-3-11-26-17)24-7-9-25-10-8-24;/h2-6,11,16H,7-10,12-13H2,1H3,(H2,20,22,23);1H.